The number of hydrogen-bond donors (Lipinski definition) is 1. The van der Waals surface area contributed by atoms with Crippen molar-refractivity contribution < 1.29 is 19.1 Å². The van der Waals surface area contributed by atoms with Crippen LogP contribution in [0.15, 0.2) is 18.3 Å². The molecule has 1 rings (SSSR count). The van der Waals surface area contributed by atoms with Crippen LogP contribution in [0.3, 0.4) is 0 Å². The van der Waals surface area contributed by atoms with Crippen LogP contribution < -0.4 is 10.1 Å². The Hall–Kier alpha value is -2.11. The van der Waals surface area contributed by atoms with Crippen molar-refractivity contribution in [1.29, 1.82) is 0 Å². The smallest absolute Gasteiger partial charge is 0.325 e. The number of hydrogen-bond acceptors (Lipinski definition) is 5. The van der Waals surface area contributed by atoms with E-state index in [2.05, 4.69) is 10.3 Å². The van der Waals surface area contributed by atoms with E-state index in [1.54, 1.807) is 12.1 Å². The van der Waals surface area contributed by atoms with Crippen LogP contribution in [0.4, 0.5) is 0 Å². The topological polar surface area (TPSA) is 77.5 Å². The summed E-state index contributed by atoms with van der Waals surface area (Å²) in [4.78, 5) is 26.8. The normalized spacial score (nSPS) is 9.67. The van der Waals surface area contributed by atoms with Gasteiger partial charge in [-0.1, -0.05) is 6.92 Å². The molecule has 1 amide bonds. The molecule has 1 aromatic heterocycles. The Kier molecular flexibility index (Phi) is 5.63. The van der Waals surface area contributed by atoms with Crippen molar-refractivity contribution in [2.24, 2.45) is 0 Å². The van der Waals surface area contributed by atoms with E-state index in [-0.39, 0.29) is 12.2 Å². The fourth-order valence-corrected chi connectivity index (χ4v) is 1.23. The van der Waals surface area contributed by atoms with Crippen LogP contribution in [0.2, 0.25) is 0 Å². The molecule has 1 heterocycles. The van der Waals surface area contributed by atoms with Gasteiger partial charge in [0.15, 0.2) is 5.69 Å². The first-order chi connectivity index (χ1) is 8.69. The largest absolute Gasteiger partial charge is 0.494 e. The van der Waals surface area contributed by atoms with E-state index in [1.807, 2.05) is 6.92 Å². The zero-order valence-electron chi connectivity index (χ0n) is 10.4. The third-order valence-electron chi connectivity index (χ3n) is 2.07. The molecule has 0 atom stereocenters. The van der Waals surface area contributed by atoms with Gasteiger partial charge in [0.05, 0.1) is 13.7 Å². The zero-order chi connectivity index (χ0) is 13.4. The summed E-state index contributed by atoms with van der Waals surface area (Å²) in [5.74, 6) is -0.585. The Balaban J connectivity index is 2.52. The Labute approximate surface area is 105 Å². The highest BCUT2D eigenvalue weighted by molar-refractivity contribution is 5.96. The average Bonchev–Trinajstić information content (AvgIpc) is 2.42. The lowest BCUT2D eigenvalue weighted by atomic mass is 10.3. The third kappa shape index (κ3) is 4.04. The predicted octanol–water partition coefficient (Wildman–Crippen LogP) is 0.773. The summed E-state index contributed by atoms with van der Waals surface area (Å²) in [6.45, 7) is 2.06. The Morgan fingerprint density at radius 2 is 2.22 bits per heavy atom. The average molecular weight is 252 g/mol. The van der Waals surface area contributed by atoms with Crippen molar-refractivity contribution in [2.45, 2.75) is 13.3 Å². The number of amides is 1. The SMILES string of the molecule is CCCOC(=O)CNC(=O)c1ncccc1OC. The van der Waals surface area contributed by atoms with Gasteiger partial charge >= 0.3 is 5.97 Å². The molecule has 18 heavy (non-hydrogen) atoms. The van der Waals surface area contributed by atoms with Crippen molar-refractivity contribution in [3.05, 3.63) is 24.0 Å². The second kappa shape index (κ2) is 7.26. The maximum atomic E-state index is 11.7. The molecule has 98 valence electrons. The number of rotatable bonds is 6. The van der Waals surface area contributed by atoms with Gasteiger partial charge in [0.1, 0.15) is 12.3 Å². The van der Waals surface area contributed by atoms with Crippen LogP contribution in [0.5, 0.6) is 5.75 Å². The summed E-state index contributed by atoms with van der Waals surface area (Å²) in [5.41, 5.74) is 0.142. The molecule has 1 N–H and O–H groups in total. The van der Waals surface area contributed by atoms with Crippen LogP contribution in [0.1, 0.15) is 23.8 Å². The lowest BCUT2D eigenvalue weighted by Crippen LogP contribution is -2.31. The summed E-state index contributed by atoms with van der Waals surface area (Å²) >= 11 is 0. The van der Waals surface area contributed by atoms with Crippen molar-refractivity contribution in [3.63, 3.8) is 0 Å². The molecule has 0 bridgehead atoms. The number of carbonyl (C=O) groups is 2. The molecular weight excluding hydrogens is 236 g/mol. The first-order valence-corrected chi connectivity index (χ1v) is 5.61. The molecule has 0 unspecified atom stereocenters. The van der Waals surface area contributed by atoms with Gasteiger partial charge in [0, 0.05) is 6.20 Å². The monoisotopic (exact) mass is 252 g/mol. The number of carbonyl (C=O) groups excluding carboxylic acids is 2. The summed E-state index contributed by atoms with van der Waals surface area (Å²) in [6.07, 6.45) is 2.22. The number of ether oxygens (including phenoxy) is 2. The molecule has 0 radical (unpaired) electrons. The van der Waals surface area contributed by atoms with Crippen LogP contribution in [-0.2, 0) is 9.53 Å². The molecule has 0 aliphatic heterocycles. The van der Waals surface area contributed by atoms with Crippen LogP contribution in [-0.4, -0.2) is 37.1 Å². The number of aromatic nitrogens is 1. The molecule has 0 aromatic carbocycles. The minimum Gasteiger partial charge on any atom is -0.494 e. The van der Waals surface area contributed by atoms with E-state index < -0.39 is 11.9 Å². The van der Waals surface area contributed by atoms with Crippen molar-refractivity contribution in [1.82, 2.24) is 10.3 Å². The van der Waals surface area contributed by atoms with Crippen LogP contribution >= 0.6 is 0 Å². The lowest BCUT2D eigenvalue weighted by molar-refractivity contribution is -0.142. The highest BCUT2D eigenvalue weighted by Crippen LogP contribution is 2.13. The fourth-order valence-electron chi connectivity index (χ4n) is 1.23. The van der Waals surface area contributed by atoms with Crippen LogP contribution in [0, 0.1) is 0 Å². The molecular formula is C12H16N2O4. The molecule has 0 spiro atoms. The molecule has 0 saturated carbocycles. The minimum atomic E-state index is -0.472. The molecule has 6 heteroatoms. The first kappa shape index (κ1) is 14.0. The predicted molar refractivity (Wildman–Crippen MR) is 64.4 cm³/mol. The van der Waals surface area contributed by atoms with Crippen molar-refractivity contribution >= 4 is 11.9 Å². The van der Waals surface area contributed by atoms with Crippen molar-refractivity contribution in [3.8, 4) is 5.75 Å². The summed E-state index contributed by atoms with van der Waals surface area (Å²) in [5, 5.41) is 2.43. The number of esters is 1. The van der Waals surface area contributed by atoms with E-state index in [4.69, 9.17) is 9.47 Å². The quantitative estimate of drug-likeness (QED) is 0.757. The number of nitrogens with zero attached hydrogens (tertiary/aromatic N) is 1. The highest BCUT2D eigenvalue weighted by atomic mass is 16.5. The van der Waals surface area contributed by atoms with Gasteiger partial charge in [0.2, 0.25) is 0 Å². The third-order valence-corrected chi connectivity index (χ3v) is 2.07. The zero-order valence-corrected chi connectivity index (χ0v) is 10.4. The molecule has 1 aromatic rings. The number of methoxy groups -OCH3 is 1. The highest BCUT2D eigenvalue weighted by Gasteiger charge is 2.14. The van der Waals surface area contributed by atoms with E-state index in [1.165, 1.54) is 13.3 Å². The molecule has 0 fully saturated rings. The molecule has 6 nitrogen and oxygen atoms in total. The van der Waals surface area contributed by atoms with E-state index in [0.717, 1.165) is 6.42 Å². The van der Waals surface area contributed by atoms with Gasteiger partial charge < -0.3 is 14.8 Å². The van der Waals surface area contributed by atoms with Crippen LogP contribution in [0.25, 0.3) is 0 Å². The minimum absolute atomic E-state index is 0.142. The molecule has 0 aliphatic carbocycles. The van der Waals surface area contributed by atoms with Gasteiger partial charge in [0.25, 0.3) is 5.91 Å². The second-order valence-electron chi connectivity index (χ2n) is 3.46. The summed E-state index contributed by atoms with van der Waals surface area (Å²) < 4.78 is 9.83. The van der Waals surface area contributed by atoms with Gasteiger partial charge in [-0.2, -0.15) is 0 Å². The Morgan fingerprint density at radius 3 is 2.89 bits per heavy atom. The van der Waals surface area contributed by atoms with Gasteiger partial charge in [-0.25, -0.2) is 4.98 Å². The van der Waals surface area contributed by atoms with Gasteiger partial charge in [-0.15, -0.1) is 0 Å². The maximum absolute atomic E-state index is 11.7. The van der Waals surface area contributed by atoms with E-state index >= 15 is 0 Å². The first-order valence-electron chi connectivity index (χ1n) is 5.61. The Morgan fingerprint density at radius 1 is 1.44 bits per heavy atom. The van der Waals surface area contributed by atoms with Crippen molar-refractivity contribution in [2.75, 3.05) is 20.3 Å². The van der Waals surface area contributed by atoms with Gasteiger partial charge in [-0.3, -0.25) is 9.59 Å². The standard InChI is InChI=1S/C12H16N2O4/c1-3-7-18-10(15)8-14-12(16)11-9(17-2)5-4-6-13-11/h4-6H,3,7-8H2,1-2H3,(H,14,16). The van der Waals surface area contributed by atoms with E-state index in [0.29, 0.717) is 12.4 Å². The number of pyridine rings is 1. The maximum Gasteiger partial charge on any atom is 0.325 e. The number of nitrogens with one attached hydrogen (secondary N) is 1. The molecule has 0 aliphatic rings. The van der Waals surface area contributed by atoms with E-state index in [9.17, 15) is 9.59 Å². The van der Waals surface area contributed by atoms with Gasteiger partial charge in [-0.05, 0) is 18.6 Å². The second-order valence-corrected chi connectivity index (χ2v) is 3.46. The summed E-state index contributed by atoms with van der Waals surface area (Å²) in [6, 6.07) is 3.28. The molecule has 0 saturated heterocycles. The fraction of sp³-hybridized carbons (Fsp3) is 0.417. The lowest BCUT2D eigenvalue weighted by Gasteiger charge is -2.07. The summed E-state index contributed by atoms with van der Waals surface area (Å²) in [7, 11) is 1.45. The Bertz CT molecular complexity index is 420.